The monoisotopic (exact) mass is 301 g/mol. The summed E-state index contributed by atoms with van der Waals surface area (Å²) in [5.74, 6) is -0.557. The Balaban J connectivity index is 2.30. The van der Waals surface area contributed by atoms with E-state index in [1.807, 2.05) is 7.05 Å². The van der Waals surface area contributed by atoms with Crippen LogP contribution in [0, 0.1) is 23.5 Å². The molecular formula is C15H21F2NOS. The van der Waals surface area contributed by atoms with E-state index in [0.29, 0.717) is 5.92 Å². The molecule has 1 aliphatic rings. The topological polar surface area (TPSA) is 29.1 Å². The van der Waals surface area contributed by atoms with Gasteiger partial charge >= 0.3 is 0 Å². The molecule has 0 radical (unpaired) electrons. The van der Waals surface area contributed by atoms with Gasteiger partial charge in [0.25, 0.3) is 0 Å². The SMILES string of the molecule is CNC1CC(C)CC(C)C1S(=O)c1ccc(F)cc1F. The molecule has 0 saturated heterocycles. The molecule has 0 amide bonds. The van der Waals surface area contributed by atoms with Gasteiger partial charge < -0.3 is 5.32 Å². The zero-order valence-corrected chi connectivity index (χ0v) is 12.8. The molecule has 0 spiro atoms. The molecule has 1 aromatic rings. The summed E-state index contributed by atoms with van der Waals surface area (Å²) in [6.45, 7) is 4.24. The van der Waals surface area contributed by atoms with Crippen LogP contribution in [0.2, 0.25) is 0 Å². The van der Waals surface area contributed by atoms with Crippen LogP contribution >= 0.6 is 0 Å². The highest BCUT2D eigenvalue weighted by Crippen LogP contribution is 2.34. The fraction of sp³-hybridized carbons (Fsp3) is 0.600. The van der Waals surface area contributed by atoms with Gasteiger partial charge in [-0.25, -0.2) is 8.78 Å². The highest BCUT2D eigenvalue weighted by molar-refractivity contribution is 7.85. The summed E-state index contributed by atoms with van der Waals surface area (Å²) in [6, 6.07) is 3.37. The molecular weight excluding hydrogens is 280 g/mol. The number of hydrogen-bond donors (Lipinski definition) is 1. The van der Waals surface area contributed by atoms with E-state index >= 15 is 0 Å². The smallest absolute Gasteiger partial charge is 0.142 e. The molecule has 1 fully saturated rings. The zero-order chi connectivity index (χ0) is 14.9. The van der Waals surface area contributed by atoms with Crippen LogP contribution < -0.4 is 5.32 Å². The van der Waals surface area contributed by atoms with E-state index in [2.05, 4.69) is 19.2 Å². The molecule has 2 nitrogen and oxygen atoms in total. The Kier molecular flexibility index (Phi) is 4.91. The maximum Gasteiger partial charge on any atom is 0.142 e. The van der Waals surface area contributed by atoms with Gasteiger partial charge in [0.05, 0.1) is 20.9 Å². The molecule has 5 unspecified atom stereocenters. The summed E-state index contributed by atoms with van der Waals surface area (Å²) in [7, 11) is 0.379. The van der Waals surface area contributed by atoms with Crippen molar-refractivity contribution in [2.75, 3.05) is 7.05 Å². The summed E-state index contributed by atoms with van der Waals surface area (Å²) >= 11 is 0. The van der Waals surface area contributed by atoms with Crippen LogP contribution in [-0.2, 0) is 10.8 Å². The van der Waals surface area contributed by atoms with Gasteiger partial charge in [-0.3, -0.25) is 4.21 Å². The molecule has 5 atom stereocenters. The van der Waals surface area contributed by atoms with Crippen molar-refractivity contribution in [1.29, 1.82) is 0 Å². The first-order valence-electron chi connectivity index (χ1n) is 6.97. The molecule has 5 heteroatoms. The first-order valence-corrected chi connectivity index (χ1v) is 8.18. The fourth-order valence-corrected chi connectivity index (χ4v) is 5.08. The molecule has 0 aromatic heterocycles. The molecule has 20 heavy (non-hydrogen) atoms. The molecule has 0 heterocycles. The Labute approximate surface area is 121 Å². The van der Waals surface area contributed by atoms with Crippen molar-refractivity contribution in [1.82, 2.24) is 5.32 Å². The number of halogens is 2. The van der Waals surface area contributed by atoms with Crippen LogP contribution in [0.5, 0.6) is 0 Å². The minimum absolute atomic E-state index is 0.0963. The van der Waals surface area contributed by atoms with E-state index in [0.717, 1.165) is 18.9 Å². The van der Waals surface area contributed by atoms with Gasteiger partial charge in [-0.05, 0) is 43.9 Å². The predicted octanol–water partition coefficient (Wildman–Crippen LogP) is 3.10. The van der Waals surface area contributed by atoms with Crippen molar-refractivity contribution in [2.24, 2.45) is 11.8 Å². The molecule has 2 rings (SSSR count). The second kappa shape index (κ2) is 6.31. The lowest BCUT2D eigenvalue weighted by molar-refractivity contribution is 0.253. The predicted molar refractivity (Wildman–Crippen MR) is 77.0 cm³/mol. The largest absolute Gasteiger partial charge is 0.316 e. The Morgan fingerprint density at radius 2 is 1.95 bits per heavy atom. The van der Waals surface area contributed by atoms with Crippen LogP contribution in [0.25, 0.3) is 0 Å². The highest BCUT2D eigenvalue weighted by Gasteiger charge is 2.38. The summed E-state index contributed by atoms with van der Waals surface area (Å²) in [5, 5.41) is 3.06. The first kappa shape index (κ1) is 15.6. The molecule has 0 aliphatic heterocycles. The first-order chi connectivity index (χ1) is 9.43. The molecule has 112 valence electrons. The van der Waals surface area contributed by atoms with Crippen LogP contribution in [-0.4, -0.2) is 22.5 Å². The van der Waals surface area contributed by atoms with Crippen molar-refractivity contribution in [2.45, 2.75) is 42.9 Å². The third-order valence-electron chi connectivity index (χ3n) is 4.12. The van der Waals surface area contributed by atoms with Crippen LogP contribution in [0.1, 0.15) is 26.7 Å². The number of benzene rings is 1. The van der Waals surface area contributed by atoms with Gasteiger partial charge in [-0.2, -0.15) is 0 Å². The van der Waals surface area contributed by atoms with Gasteiger partial charge in [-0.15, -0.1) is 0 Å². The molecule has 1 saturated carbocycles. The van der Waals surface area contributed by atoms with Crippen molar-refractivity contribution in [3.8, 4) is 0 Å². The van der Waals surface area contributed by atoms with Gasteiger partial charge in [0.1, 0.15) is 11.6 Å². The van der Waals surface area contributed by atoms with Gasteiger partial charge in [0, 0.05) is 12.1 Å². The van der Waals surface area contributed by atoms with E-state index in [4.69, 9.17) is 0 Å². The third kappa shape index (κ3) is 3.09. The standard InChI is InChI=1S/C15H21F2NOS/c1-9-6-10(2)15(13(7-9)18-3)20(19)14-5-4-11(16)8-12(14)17/h4-5,8-10,13,15,18H,6-7H2,1-3H3. The number of nitrogens with one attached hydrogen (secondary N) is 1. The van der Waals surface area contributed by atoms with Crippen molar-refractivity contribution < 1.29 is 13.0 Å². The lowest BCUT2D eigenvalue weighted by Crippen LogP contribution is -2.48. The normalized spacial score (nSPS) is 32.0. The second-order valence-corrected chi connectivity index (χ2v) is 7.36. The van der Waals surface area contributed by atoms with Gasteiger partial charge in [0.15, 0.2) is 0 Å². The molecule has 0 bridgehead atoms. The molecule has 1 aliphatic carbocycles. The highest BCUT2D eigenvalue weighted by atomic mass is 32.2. The average molecular weight is 301 g/mol. The summed E-state index contributed by atoms with van der Waals surface area (Å²) in [4.78, 5) is 0.109. The van der Waals surface area contributed by atoms with Crippen LogP contribution in [0.3, 0.4) is 0 Å². The van der Waals surface area contributed by atoms with E-state index in [9.17, 15) is 13.0 Å². The average Bonchev–Trinajstić information content (AvgIpc) is 2.37. The van der Waals surface area contributed by atoms with Crippen molar-refractivity contribution in [3.63, 3.8) is 0 Å². The minimum Gasteiger partial charge on any atom is -0.316 e. The molecule has 1 aromatic carbocycles. The van der Waals surface area contributed by atoms with Crippen LogP contribution in [0.4, 0.5) is 8.78 Å². The Morgan fingerprint density at radius 3 is 2.55 bits per heavy atom. The summed E-state index contributed by atoms with van der Waals surface area (Å²) < 4.78 is 39.5. The lowest BCUT2D eigenvalue weighted by atomic mass is 9.80. The minimum atomic E-state index is -1.47. The van der Waals surface area contributed by atoms with E-state index in [-0.39, 0.29) is 22.1 Å². The van der Waals surface area contributed by atoms with E-state index in [1.54, 1.807) is 0 Å². The van der Waals surface area contributed by atoms with Crippen molar-refractivity contribution in [3.05, 3.63) is 29.8 Å². The van der Waals surface area contributed by atoms with Gasteiger partial charge in [-0.1, -0.05) is 13.8 Å². The van der Waals surface area contributed by atoms with Crippen LogP contribution in [0.15, 0.2) is 23.1 Å². The Hall–Kier alpha value is -0.810. The Morgan fingerprint density at radius 1 is 1.25 bits per heavy atom. The second-order valence-electron chi connectivity index (χ2n) is 5.79. The van der Waals surface area contributed by atoms with Crippen molar-refractivity contribution >= 4 is 10.8 Å². The molecule has 1 N–H and O–H groups in total. The zero-order valence-electron chi connectivity index (χ0n) is 12.0. The summed E-state index contributed by atoms with van der Waals surface area (Å²) in [5.41, 5.74) is 0. The number of rotatable bonds is 3. The maximum absolute atomic E-state index is 13.8. The van der Waals surface area contributed by atoms with E-state index < -0.39 is 22.4 Å². The maximum atomic E-state index is 13.8. The Bertz CT molecular complexity index is 509. The third-order valence-corrected chi connectivity index (χ3v) is 6.17. The van der Waals surface area contributed by atoms with E-state index in [1.165, 1.54) is 12.1 Å². The fourth-order valence-electron chi connectivity index (χ4n) is 3.26. The quantitative estimate of drug-likeness (QED) is 0.929. The lowest BCUT2D eigenvalue weighted by Gasteiger charge is -2.38. The number of hydrogen-bond acceptors (Lipinski definition) is 2. The summed E-state index contributed by atoms with van der Waals surface area (Å²) in [6.07, 6.45) is 1.91. The van der Waals surface area contributed by atoms with Gasteiger partial charge in [0.2, 0.25) is 0 Å².